The van der Waals surface area contributed by atoms with Crippen LogP contribution in [-0.2, 0) is 4.74 Å². The minimum absolute atomic E-state index is 0.121. The van der Waals surface area contributed by atoms with Gasteiger partial charge in [0.05, 0.1) is 22.9 Å². The summed E-state index contributed by atoms with van der Waals surface area (Å²) in [5.41, 5.74) is 0.971. The van der Waals surface area contributed by atoms with Crippen molar-refractivity contribution in [1.82, 2.24) is 4.98 Å². The first kappa shape index (κ1) is 10.8. The smallest absolute Gasteiger partial charge is 0.341 e. The predicted octanol–water partition coefficient (Wildman–Crippen LogP) is 1.97. The molecule has 1 rings (SSSR count). The number of aromatic amines is 1. The second-order valence-corrected chi connectivity index (χ2v) is 3.07. The second-order valence-electron chi connectivity index (χ2n) is 2.69. The third kappa shape index (κ3) is 1.80. The van der Waals surface area contributed by atoms with E-state index in [1.807, 2.05) is 0 Å². The van der Waals surface area contributed by atoms with Gasteiger partial charge in [0.15, 0.2) is 6.29 Å². The fraction of sp³-hybridized carbons (Fsp3) is 0.333. The van der Waals surface area contributed by atoms with Gasteiger partial charge in [0.25, 0.3) is 0 Å². The number of hydrogen-bond acceptors (Lipinski definition) is 3. The van der Waals surface area contributed by atoms with Gasteiger partial charge < -0.3 is 9.72 Å². The number of carbonyl (C=O) groups is 2. The number of carbonyl (C=O) groups excluding carboxylic acids is 2. The summed E-state index contributed by atoms with van der Waals surface area (Å²) in [7, 11) is 0. The molecule has 1 N–H and O–H groups in total. The Kier molecular flexibility index (Phi) is 3.30. The monoisotopic (exact) mass is 215 g/mol. The highest BCUT2D eigenvalue weighted by Crippen LogP contribution is 2.23. The number of nitrogens with one attached hydrogen (secondary N) is 1. The Hall–Kier alpha value is -1.29. The number of rotatable bonds is 3. The lowest BCUT2D eigenvalue weighted by molar-refractivity contribution is 0.0526. The van der Waals surface area contributed by atoms with E-state index in [-0.39, 0.29) is 22.9 Å². The van der Waals surface area contributed by atoms with Crippen molar-refractivity contribution >= 4 is 23.9 Å². The number of H-pyrrole nitrogens is 1. The number of esters is 1. The molecular formula is C9H10ClNO3. The molecule has 0 unspecified atom stereocenters. The summed E-state index contributed by atoms with van der Waals surface area (Å²) in [6, 6.07) is 0. The molecule has 0 atom stereocenters. The van der Waals surface area contributed by atoms with Gasteiger partial charge in [0.2, 0.25) is 0 Å². The van der Waals surface area contributed by atoms with Gasteiger partial charge in [0.1, 0.15) is 0 Å². The zero-order valence-corrected chi connectivity index (χ0v) is 8.64. The van der Waals surface area contributed by atoms with E-state index in [2.05, 4.69) is 4.98 Å². The van der Waals surface area contributed by atoms with Crippen LogP contribution in [0.2, 0.25) is 5.02 Å². The molecule has 1 heterocycles. The van der Waals surface area contributed by atoms with Gasteiger partial charge >= 0.3 is 5.97 Å². The molecule has 1 aromatic heterocycles. The third-order valence-electron chi connectivity index (χ3n) is 1.75. The lowest BCUT2D eigenvalue weighted by atomic mass is 10.2. The first-order chi connectivity index (χ1) is 6.61. The van der Waals surface area contributed by atoms with Crippen molar-refractivity contribution in [3.63, 3.8) is 0 Å². The van der Waals surface area contributed by atoms with E-state index in [9.17, 15) is 9.59 Å². The van der Waals surface area contributed by atoms with Crippen molar-refractivity contribution in [1.29, 1.82) is 0 Å². The van der Waals surface area contributed by atoms with Crippen LogP contribution in [0.3, 0.4) is 0 Å². The molecule has 0 amide bonds. The highest BCUT2D eigenvalue weighted by Gasteiger charge is 2.20. The van der Waals surface area contributed by atoms with Gasteiger partial charge in [-0.2, -0.15) is 0 Å². The lowest BCUT2D eigenvalue weighted by Crippen LogP contribution is -2.05. The molecule has 0 aliphatic heterocycles. The summed E-state index contributed by atoms with van der Waals surface area (Å²) >= 11 is 5.80. The molecule has 0 spiro atoms. The van der Waals surface area contributed by atoms with Gasteiger partial charge in [0, 0.05) is 5.69 Å². The number of aromatic nitrogens is 1. The number of aryl methyl sites for hydroxylation is 1. The Morgan fingerprint density at radius 1 is 1.64 bits per heavy atom. The Balaban J connectivity index is 3.13. The van der Waals surface area contributed by atoms with Crippen LogP contribution in [0.5, 0.6) is 0 Å². The molecule has 0 aliphatic carbocycles. The molecule has 76 valence electrons. The molecule has 1 aromatic rings. The topological polar surface area (TPSA) is 59.2 Å². The zero-order chi connectivity index (χ0) is 10.7. The van der Waals surface area contributed by atoms with Crippen LogP contribution in [-0.4, -0.2) is 23.8 Å². The minimum Gasteiger partial charge on any atom is -0.462 e. The van der Waals surface area contributed by atoms with Crippen molar-refractivity contribution in [3.8, 4) is 0 Å². The average molecular weight is 216 g/mol. The van der Waals surface area contributed by atoms with Crippen LogP contribution < -0.4 is 0 Å². The van der Waals surface area contributed by atoms with Crippen molar-refractivity contribution in [2.75, 3.05) is 6.61 Å². The quantitative estimate of drug-likeness (QED) is 0.620. The normalized spacial score (nSPS) is 9.93. The predicted molar refractivity (Wildman–Crippen MR) is 51.9 cm³/mol. The Morgan fingerprint density at radius 2 is 2.29 bits per heavy atom. The van der Waals surface area contributed by atoms with Crippen molar-refractivity contribution in [2.24, 2.45) is 0 Å². The van der Waals surface area contributed by atoms with Crippen LogP contribution in [0.15, 0.2) is 0 Å². The van der Waals surface area contributed by atoms with E-state index in [0.29, 0.717) is 12.0 Å². The maximum Gasteiger partial charge on any atom is 0.341 e. The number of aldehydes is 1. The van der Waals surface area contributed by atoms with Crippen molar-refractivity contribution in [2.45, 2.75) is 13.8 Å². The fourth-order valence-corrected chi connectivity index (χ4v) is 1.46. The van der Waals surface area contributed by atoms with Gasteiger partial charge in [-0.25, -0.2) is 4.79 Å². The van der Waals surface area contributed by atoms with E-state index in [1.165, 1.54) is 0 Å². The molecule has 0 aromatic carbocycles. The molecule has 0 bridgehead atoms. The molecule has 14 heavy (non-hydrogen) atoms. The average Bonchev–Trinajstić information content (AvgIpc) is 2.41. The van der Waals surface area contributed by atoms with Crippen LogP contribution >= 0.6 is 11.6 Å². The first-order valence-electron chi connectivity index (χ1n) is 4.12. The summed E-state index contributed by atoms with van der Waals surface area (Å²) in [5.74, 6) is -0.514. The molecule has 0 saturated carbocycles. The summed E-state index contributed by atoms with van der Waals surface area (Å²) in [4.78, 5) is 24.6. The Labute approximate surface area is 86.2 Å². The summed E-state index contributed by atoms with van der Waals surface area (Å²) in [5, 5.41) is 0.121. The van der Waals surface area contributed by atoms with Crippen LogP contribution in [0.1, 0.15) is 33.5 Å². The molecule has 0 saturated heterocycles. The second kappa shape index (κ2) is 4.28. The SMILES string of the molecule is CCOC(=O)c1c(C)[nH]c(C=O)c1Cl. The highest BCUT2D eigenvalue weighted by molar-refractivity contribution is 6.36. The van der Waals surface area contributed by atoms with E-state index in [4.69, 9.17) is 16.3 Å². The lowest BCUT2D eigenvalue weighted by Gasteiger charge is -2.00. The number of halogens is 1. The maximum atomic E-state index is 11.4. The fourth-order valence-electron chi connectivity index (χ4n) is 1.15. The van der Waals surface area contributed by atoms with Gasteiger partial charge in [-0.3, -0.25) is 4.79 Å². The standard InChI is InChI=1S/C9H10ClNO3/c1-3-14-9(13)7-5(2)11-6(4-12)8(7)10/h4,11H,3H2,1-2H3. The Bertz CT molecular complexity index is 370. The first-order valence-corrected chi connectivity index (χ1v) is 4.50. The maximum absolute atomic E-state index is 11.4. The van der Waals surface area contributed by atoms with Crippen LogP contribution in [0, 0.1) is 6.92 Å². The molecule has 0 fully saturated rings. The van der Waals surface area contributed by atoms with Gasteiger partial charge in [-0.15, -0.1) is 0 Å². The van der Waals surface area contributed by atoms with E-state index in [1.54, 1.807) is 13.8 Å². The van der Waals surface area contributed by atoms with Crippen LogP contribution in [0.4, 0.5) is 0 Å². The number of hydrogen-bond donors (Lipinski definition) is 1. The number of ether oxygens (including phenoxy) is 1. The molecule has 5 heteroatoms. The van der Waals surface area contributed by atoms with Gasteiger partial charge in [-0.05, 0) is 13.8 Å². The molecular weight excluding hydrogens is 206 g/mol. The van der Waals surface area contributed by atoms with Crippen LogP contribution in [0.25, 0.3) is 0 Å². The molecule has 0 radical (unpaired) electrons. The third-order valence-corrected chi connectivity index (χ3v) is 2.14. The van der Waals surface area contributed by atoms with E-state index < -0.39 is 5.97 Å². The van der Waals surface area contributed by atoms with Crippen molar-refractivity contribution in [3.05, 3.63) is 22.0 Å². The highest BCUT2D eigenvalue weighted by atomic mass is 35.5. The summed E-state index contributed by atoms with van der Waals surface area (Å²) < 4.78 is 4.79. The molecule has 4 nitrogen and oxygen atoms in total. The largest absolute Gasteiger partial charge is 0.462 e. The minimum atomic E-state index is -0.514. The molecule has 0 aliphatic rings. The summed E-state index contributed by atoms with van der Waals surface area (Å²) in [6.07, 6.45) is 0.568. The van der Waals surface area contributed by atoms with E-state index >= 15 is 0 Å². The Morgan fingerprint density at radius 3 is 2.71 bits per heavy atom. The van der Waals surface area contributed by atoms with Gasteiger partial charge in [-0.1, -0.05) is 11.6 Å². The van der Waals surface area contributed by atoms with Crippen molar-refractivity contribution < 1.29 is 14.3 Å². The van der Waals surface area contributed by atoms with E-state index in [0.717, 1.165) is 0 Å². The summed E-state index contributed by atoms with van der Waals surface area (Å²) in [6.45, 7) is 3.63. The zero-order valence-electron chi connectivity index (χ0n) is 7.89.